The molecule has 2 aromatic heterocycles. The second-order valence-corrected chi connectivity index (χ2v) is 9.74. The van der Waals surface area contributed by atoms with Gasteiger partial charge >= 0.3 is 0 Å². The van der Waals surface area contributed by atoms with Crippen molar-refractivity contribution in [1.82, 2.24) is 14.9 Å². The first-order chi connectivity index (χ1) is 13.4. The van der Waals surface area contributed by atoms with Crippen molar-refractivity contribution in [2.45, 2.75) is 65.5 Å². The molecule has 5 nitrogen and oxygen atoms in total. The Morgan fingerprint density at radius 1 is 1.43 bits per heavy atom. The highest BCUT2D eigenvalue weighted by Gasteiger charge is 2.23. The normalized spacial score (nSPS) is 18.0. The molecule has 0 radical (unpaired) electrons. The minimum atomic E-state index is -0.400. The number of aliphatic hydroxyl groups excluding tert-OH is 1. The molecule has 0 spiro atoms. The molecule has 1 aliphatic rings. The number of fused-ring (bicyclic) bond motifs is 3. The van der Waals surface area contributed by atoms with Crippen LogP contribution in [-0.4, -0.2) is 39.2 Å². The van der Waals surface area contributed by atoms with Crippen LogP contribution in [-0.2, 0) is 19.4 Å². The molecule has 0 unspecified atom stereocenters. The van der Waals surface area contributed by atoms with Gasteiger partial charge in [0.05, 0.1) is 18.0 Å². The van der Waals surface area contributed by atoms with Crippen LogP contribution in [0, 0.1) is 11.8 Å². The Hall–Kier alpha value is -1.50. The van der Waals surface area contributed by atoms with Crippen LogP contribution in [0.4, 0.5) is 0 Å². The van der Waals surface area contributed by atoms with Crippen LogP contribution in [0.3, 0.4) is 0 Å². The number of H-pyrrole nitrogens is 1. The molecular weight excluding hydrogens is 370 g/mol. The number of hydrogen-bond donors (Lipinski definition) is 2. The Balaban J connectivity index is 1.82. The monoisotopic (exact) mass is 403 g/mol. The van der Waals surface area contributed by atoms with Crippen LogP contribution in [0.5, 0.6) is 0 Å². The Bertz CT molecular complexity index is 871. The molecule has 2 aromatic rings. The first-order valence-corrected chi connectivity index (χ1v) is 11.2. The molecule has 2 heterocycles. The van der Waals surface area contributed by atoms with Crippen molar-refractivity contribution < 1.29 is 5.11 Å². The summed E-state index contributed by atoms with van der Waals surface area (Å²) in [6.07, 6.45) is 6.12. The van der Waals surface area contributed by atoms with Crippen LogP contribution < -0.4 is 5.56 Å². The molecule has 0 aliphatic heterocycles. The van der Waals surface area contributed by atoms with E-state index >= 15 is 0 Å². The summed E-state index contributed by atoms with van der Waals surface area (Å²) in [7, 11) is 0. The predicted octanol–water partition coefficient (Wildman–Crippen LogP) is 3.89. The van der Waals surface area contributed by atoms with Crippen LogP contribution >= 0.6 is 11.3 Å². The molecule has 1 aliphatic carbocycles. The summed E-state index contributed by atoms with van der Waals surface area (Å²) in [6.45, 7) is 12.3. The lowest BCUT2D eigenvalue weighted by Crippen LogP contribution is -2.35. The molecule has 154 valence electrons. The zero-order chi connectivity index (χ0) is 20.3. The topological polar surface area (TPSA) is 69.2 Å². The van der Waals surface area contributed by atoms with Crippen LogP contribution in [0.2, 0.25) is 0 Å². The largest absolute Gasteiger partial charge is 0.392 e. The second kappa shape index (κ2) is 9.33. The van der Waals surface area contributed by atoms with E-state index in [0.29, 0.717) is 37.2 Å². The fourth-order valence-corrected chi connectivity index (χ4v) is 5.50. The molecule has 2 N–H and O–H groups in total. The van der Waals surface area contributed by atoms with E-state index in [-0.39, 0.29) is 5.56 Å². The van der Waals surface area contributed by atoms with Crippen LogP contribution in [0.15, 0.2) is 17.4 Å². The average molecular weight is 404 g/mol. The van der Waals surface area contributed by atoms with Gasteiger partial charge in [-0.2, -0.15) is 0 Å². The third-order valence-corrected chi connectivity index (χ3v) is 6.53. The Morgan fingerprint density at radius 3 is 2.93 bits per heavy atom. The minimum Gasteiger partial charge on any atom is -0.392 e. The summed E-state index contributed by atoms with van der Waals surface area (Å²) in [6, 6.07) is 0. The third kappa shape index (κ3) is 5.10. The third-order valence-electron chi connectivity index (χ3n) is 5.38. The van der Waals surface area contributed by atoms with Gasteiger partial charge < -0.3 is 10.1 Å². The van der Waals surface area contributed by atoms with E-state index in [1.165, 1.54) is 10.4 Å². The number of allylic oxidation sites excluding steroid dienone is 1. The smallest absolute Gasteiger partial charge is 0.259 e. The summed E-state index contributed by atoms with van der Waals surface area (Å²) in [5.41, 5.74) is 1.21. The van der Waals surface area contributed by atoms with Gasteiger partial charge in [0.1, 0.15) is 10.7 Å². The molecule has 0 bridgehead atoms. The standard InChI is InChI=1S/C22H33N3O2S/c1-5-6-7-16(26)12-25(11-14(2)3)13-19-23-21(27)20-17-9-8-15(4)10-18(17)28-22(20)24-19/h5,14-16,26H,1,6-13H2,2-4H3,(H,23,24,27)/t15-,16+/m1/s1. The van der Waals surface area contributed by atoms with Crippen molar-refractivity contribution in [3.63, 3.8) is 0 Å². The molecular formula is C22H33N3O2S. The van der Waals surface area contributed by atoms with Gasteiger partial charge in [-0.15, -0.1) is 17.9 Å². The van der Waals surface area contributed by atoms with Crippen molar-refractivity contribution in [1.29, 1.82) is 0 Å². The highest BCUT2D eigenvalue weighted by Crippen LogP contribution is 2.35. The number of aryl methyl sites for hydroxylation is 1. The first-order valence-electron chi connectivity index (χ1n) is 10.4. The van der Waals surface area contributed by atoms with Gasteiger partial charge in [-0.25, -0.2) is 4.98 Å². The van der Waals surface area contributed by atoms with Gasteiger partial charge in [-0.1, -0.05) is 26.8 Å². The van der Waals surface area contributed by atoms with E-state index in [1.807, 2.05) is 6.08 Å². The van der Waals surface area contributed by atoms with Crippen molar-refractivity contribution in [3.05, 3.63) is 39.3 Å². The maximum atomic E-state index is 12.8. The lowest BCUT2D eigenvalue weighted by atomic mass is 9.89. The van der Waals surface area contributed by atoms with Crippen molar-refractivity contribution in [3.8, 4) is 0 Å². The van der Waals surface area contributed by atoms with Gasteiger partial charge in [0.2, 0.25) is 0 Å². The zero-order valence-electron chi connectivity index (χ0n) is 17.3. The van der Waals surface area contributed by atoms with Crippen molar-refractivity contribution >= 4 is 21.6 Å². The number of nitrogens with zero attached hydrogens (tertiary/aromatic N) is 2. The lowest BCUT2D eigenvalue weighted by molar-refractivity contribution is 0.0943. The summed E-state index contributed by atoms with van der Waals surface area (Å²) in [5, 5.41) is 11.1. The summed E-state index contributed by atoms with van der Waals surface area (Å²) >= 11 is 1.69. The van der Waals surface area contributed by atoms with E-state index in [4.69, 9.17) is 4.98 Å². The number of thiophene rings is 1. The summed E-state index contributed by atoms with van der Waals surface area (Å²) in [4.78, 5) is 25.0. The molecule has 2 atom stereocenters. The van der Waals surface area contributed by atoms with Gasteiger partial charge in [-0.05, 0) is 49.5 Å². The maximum absolute atomic E-state index is 12.8. The number of nitrogens with one attached hydrogen (secondary N) is 1. The van der Waals surface area contributed by atoms with Gasteiger partial charge in [-0.3, -0.25) is 9.69 Å². The fraction of sp³-hybridized carbons (Fsp3) is 0.636. The first kappa shape index (κ1) is 21.2. The fourth-order valence-electron chi connectivity index (χ4n) is 4.10. The number of aliphatic hydroxyl groups is 1. The highest BCUT2D eigenvalue weighted by atomic mass is 32.1. The van der Waals surface area contributed by atoms with Gasteiger partial charge in [0.25, 0.3) is 5.56 Å². The van der Waals surface area contributed by atoms with Gasteiger partial charge in [0, 0.05) is 18.0 Å². The van der Waals surface area contributed by atoms with Crippen LogP contribution in [0.25, 0.3) is 10.2 Å². The maximum Gasteiger partial charge on any atom is 0.259 e. The Morgan fingerprint density at radius 2 is 2.21 bits per heavy atom. The predicted molar refractivity (Wildman–Crippen MR) is 117 cm³/mol. The molecule has 0 fully saturated rings. The highest BCUT2D eigenvalue weighted by molar-refractivity contribution is 7.18. The summed E-state index contributed by atoms with van der Waals surface area (Å²) < 4.78 is 0. The minimum absolute atomic E-state index is 0.0104. The molecule has 28 heavy (non-hydrogen) atoms. The van der Waals surface area contributed by atoms with Gasteiger partial charge in [0.15, 0.2) is 0 Å². The molecule has 0 saturated carbocycles. The van der Waals surface area contributed by atoms with E-state index < -0.39 is 6.10 Å². The Labute approximate surface area is 171 Å². The second-order valence-electron chi connectivity index (χ2n) is 8.65. The number of aromatic amines is 1. The number of rotatable bonds is 9. The Kier molecular flexibility index (Phi) is 7.07. The molecule has 0 amide bonds. The molecule has 6 heteroatoms. The average Bonchev–Trinajstić information content (AvgIpc) is 2.96. The van der Waals surface area contributed by atoms with Crippen LogP contribution in [0.1, 0.15) is 56.3 Å². The van der Waals surface area contributed by atoms with E-state index in [9.17, 15) is 9.90 Å². The van der Waals surface area contributed by atoms with Crippen molar-refractivity contribution in [2.75, 3.05) is 13.1 Å². The summed E-state index contributed by atoms with van der Waals surface area (Å²) in [5.74, 6) is 1.84. The molecule has 0 aromatic carbocycles. The quantitative estimate of drug-likeness (QED) is 0.623. The zero-order valence-corrected chi connectivity index (χ0v) is 18.1. The lowest BCUT2D eigenvalue weighted by Gasteiger charge is -2.26. The number of hydrogen-bond acceptors (Lipinski definition) is 5. The van der Waals surface area contributed by atoms with E-state index in [1.54, 1.807) is 11.3 Å². The van der Waals surface area contributed by atoms with E-state index in [2.05, 4.69) is 37.2 Å². The van der Waals surface area contributed by atoms with Crippen molar-refractivity contribution in [2.24, 2.45) is 11.8 Å². The molecule has 0 saturated heterocycles. The number of aromatic nitrogens is 2. The molecule has 3 rings (SSSR count). The SMILES string of the molecule is C=CCC[C@H](O)CN(Cc1nc2sc3c(c2c(=O)[nH]1)CC[C@@H](C)C3)CC(C)C. The van der Waals surface area contributed by atoms with E-state index in [0.717, 1.165) is 42.4 Å².